The van der Waals surface area contributed by atoms with E-state index in [0.717, 1.165) is 10.8 Å². The van der Waals surface area contributed by atoms with Crippen LogP contribution in [0.3, 0.4) is 0 Å². The number of carbonyl (C=O) groups is 2. The molecule has 0 aromatic heterocycles. The maximum Gasteiger partial charge on any atom is 0.195 e. The fourth-order valence-electron chi connectivity index (χ4n) is 3.15. The zero-order chi connectivity index (χ0) is 16.0. The van der Waals surface area contributed by atoms with Gasteiger partial charge in [0, 0.05) is 22.3 Å². The average molecular weight is 302 g/mol. The second-order valence-corrected chi connectivity index (χ2v) is 5.51. The molecular formula is C20H14O3. The first-order valence-corrected chi connectivity index (χ1v) is 7.58. The molecule has 0 aliphatic heterocycles. The van der Waals surface area contributed by atoms with E-state index in [4.69, 9.17) is 4.74 Å². The highest BCUT2D eigenvalue weighted by Crippen LogP contribution is 2.34. The van der Waals surface area contributed by atoms with Crippen molar-refractivity contribution in [3.63, 3.8) is 0 Å². The quantitative estimate of drug-likeness (QED) is 0.562. The first-order chi connectivity index (χ1) is 11.2. The average Bonchev–Trinajstić information content (AvgIpc) is 2.59. The van der Waals surface area contributed by atoms with Crippen LogP contribution in [0, 0.1) is 0 Å². The molecule has 0 amide bonds. The molecule has 0 radical (unpaired) electrons. The molecule has 3 aromatic carbocycles. The van der Waals surface area contributed by atoms with E-state index in [1.54, 1.807) is 30.3 Å². The molecule has 0 atom stereocenters. The lowest BCUT2D eigenvalue weighted by molar-refractivity contribution is 0.0980. The summed E-state index contributed by atoms with van der Waals surface area (Å²) in [6, 6.07) is 16.2. The summed E-state index contributed by atoms with van der Waals surface area (Å²) in [7, 11) is 0. The van der Waals surface area contributed by atoms with Gasteiger partial charge in [0.25, 0.3) is 0 Å². The molecule has 0 N–H and O–H groups in total. The fourth-order valence-corrected chi connectivity index (χ4v) is 3.15. The molecular weight excluding hydrogens is 288 g/mol. The zero-order valence-corrected chi connectivity index (χ0v) is 12.6. The molecule has 23 heavy (non-hydrogen) atoms. The monoisotopic (exact) mass is 302 g/mol. The van der Waals surface area contributed by atoms with E-state index in [-0.39, 0.29) is 11.6 Å². The Morgan fingerprint density at radius 2 is 1.52 bits per heavy atom. The first kappa shape index (κ1) is 13.7. The summed E-state index contributed by atoms with van der Waals surface area (Å²) in [5.41, 5.74) is 1.90. The Hall–Kier alpha value is -2.94. The van der Waals surface area contributed by atoms with Crippen LogP contribution < -0.4 is 4.74 Å². The third-order valence-corrected chi connectivity index (χ3v) is 4.19. The van der Waals surface area contributed by atoms with Crippen molar-refractivity contribution < 1.29 is 14.3 Å². The van der Waals surface area contributed by atoms with Crippen molar-refractivity contribution in [2.24, 2.45) is 0 Å². The van der Waals surface area contributed by atoms with Gasteiger partial charge in [-0.25, -0.2) is 0 Å². The van der Waals surface area contributed by atoms with E-state index in [9.17, 15) is 9.59 Å². The summed E-state index contributed by atoms with van der Waals surface area (Å²) in [5.74, 6) is 0.501. The van der Waals surface area contributed by atoms with Crippen LogP contribution in [0.25, 0.3) is 10.8 Å². The summed E-state index contributed by atoms with van der Waals surface area (Å²) in [4.78, 5) is 25.7. The van der Waals surface area contributed by atoms with Crippen molar-refractivity contribution in [3.8, 4) is 5.75 Å². The summed E-state index contributed by atoms with van der Waals surface area (Å²) in [6.45, 7) is 2.46. The molecule has 0 heterocycles. The largest absolute Gasteiger partial charge is 0.494 e. The summed E-state index contributed by atoms with van der Waals surface area (Å²) in [6.07, 6.45) is 0. The highest BCUT2D eigenvalue weighted by atomic mass is 16.5. The van der Waals surface area contributed by atoms with Crippen LogP contribution in [0.5, 0.6) is 5.75 Å². The van der Waals surface area contributed by atoms with Crippen LogP contribution in [0.2, 0.25) is 0 Å². The van der Waals surface area contributed by atoms with Crippen molar-refractivity contribution in [1.29, 1.82) is 0 Å². The van der Waals surface area contributed by atoms with Gasteiger partial charge in [0.05, 0.1) is 6.61 Å². The number of ether oxygens (including phenoxy) is 1. The van der Waals surface area contributed by atoms with Crippen LogP contribution in [-0.2, 0) is 0 Å². The van der Waals surface area contributed by atoms with E-state index >= 15 is 0 Å². The van der Waals surface area contributed by atoms with E-state index in [2.05, 4.69) is 0 Å². The minimum absolute atomic E-state index is 0.0982. The molecule has 0 unspecified atom stereocenters. The van der Waals surface area contributed by atoms with Gasteiger partial charge in [0.1, 0.15) is 5.75 Å². The fraction of sp³-hybridized carbons (Fsp3) is 0.100. The third kappa shape index (κ3) is 1.97. The van der Waals surface area contributed by atoms with Crippen LogP contribution >= 0.6 is 0 Å². The highest BCUT2D eigenvalue weighted by molar-refractivity contribution is 6.32. The number of benzene rings is 3. The van der Waals surface area contributed by atoms with Gasteiger partial charge in [0.15, 0.2) is 11.6 Å². The van der Waals surface area contributed by atoms with Crippen LogP contribution in [0.1, 0.15) is 38.8 Å². The van der Waals surface area contributed by atoms with Gasteiger partial charge in [0.2, 0.25) is 0 Å². The molecule has 4 rings (SSSR count). The minimum Gasteiger partial charge on any atom is -0.494 e. The zero-order valence-electron chi connectivity index (χ0n) is 12.6. The highest BCUT2D eigenvalue weighted by Gasteiger charge is 2.30. The lowest BCUT2D eigenvalue weighted by atomic mass is 9.81. The predicted molar refractivity (Wildman–Crippen MR) is 88.4 cm³/mol. The Morgan fingerprint density at radius 1 is 0.826 bits per heavy atom. The van der Waals surface area contributed by atoms with Gasteiger partial charge >= 0.3 is 0 Å². The van der Waals surface area contributed by atoms with Gasteiger partial charge < -0.3 is 4.74 Å². The lowest BCUT2D eigenvalue weighted by Crippen LogP contribution is -2.21. The van der Waals surface area contributed by atoms with Crippen LogP contribution in [0.15, 0.2) is 54.6 Å². The number of ketones is 2. The topological polar surface area (TPSA) is 43.4 Å². The van der Waals surface area contributed by atoms with Crippen LogP contribution in [0.4, 0.5) is 0 Å². The summed E-state index contributed by atoms with van der Waals surface area (Å²) in [5, 5.41) is 1.69. The Bertz CT molecular complexity index is 970. The molecule has 0 fully saturated rings. The summed E-state index contributed by atoms with van der Waals surface area (Å²) >= 11 is 0. The third-order valence-electron chi connectivity index (χ3n) is 4.19. The molecule has 0 spiro atoms. The molecule has 1 aliphatic carbocycles. The maximum absolute atomic E-state index is 12.9. The van der Waals surface area contributed by atoms with Crippen molar-refractivity contribution in [3.05, 3.63) is 76.9 Å². The SMILES string of the molecule is CCOc1ccc2ccc3c(c2c1)C(=O)c1ccccc1C3=O. The van der Waals surface area contributed by atoms with E-state index in [0.29, 0.717) is 34.6 Å². The van der Waals surface area contributed by atoms with E-state index in [1.807, 2.05) is 31.2 Å². The van der Waals surface area contributed by atoms with Crippen molar-refractivity contribution in [1.82, 2.24) is 0 Å². The molecule has 0 saturated heterocycles. The maximum atomic E-state index is 12.9. The molecule has 3 nitrogen and oxygen atoms in total. The van der Waals surface area contributed by atoms with Crippen molar-refractivity contribution in [2.45, 2.75) is 6.92 Å². The van der Waals surface area contributed by atoms with Crippen molar-refractivity contribution >= 4 is 22.3 Å². The number of hydrogen-bond acceptors (Lipinski definition) is 3. The Balaban J connectivity index is 2.03. The van der Waals surface area contributed by atoms with E-state index in [1.165, 1.54) is 0 Å². The predicted octanol–water partition coefficient (Wildman–Crippen LogP) is 4.01. The Kier molecular flexibility index (Phi) is 3.01. The first-order valence-electron chi connectivity index (χ1n) is 7.58. The smallest absolute Gasteiger partial charge is 0.195 e. The summed E-state index contributed by atoms with van der Waals surface area (Å²) < 4.78 is 5.54. The number of carbonyl (C=O) groups excluding carboxylic acids is 2. The number of rotatable bonds is 2. The molecule has 0 saturated carbocycles. The van der Waals surface area contributed by atoms with Crippen LogP contribution in [-0.4, -0.2) is 18.2 Å². The van der Waals surface area contributed by atoms with Gasteiger partial charge in [-0.1, -0.05) is 36.4 Å². The normalized spacial score (nSPS) is 12.9. The van der Waals surface area contributed by atoms with Gasteiger partial charge in [-0.15, -0.1) is 0 Å². The lowest BCUT2D eigenvalue weighted by Gasteiger charge is -2.19. The molecule has 3 aromatic rings. The Labute approximate surface area is 133 Å². The minimum atomic E-state index is -0.102. The van der Waals surface area contributed by atoms with Crippen molar-refractivity contribution in [2.75, 3.05) is 6.61 Å². The van der Waals surface area contributed by atoms with E-state index < -0.39 is 0 Å². The van der Waals surface area contributed by atoms with Gasteiger partial charge in [-0.05, 0) is 35.9 Å². The van der Waals surface area contributed by atoms with Gasteiger partial charge in [-0.2, -0.15) is 0 Å². The number of fused-ring (bicyclic) bond motifs is 4. The van der Waals surface area contributed by atoms with Gasteiger partial charge in [-0.3, -0.25) is 9.59 Å². The second kappa shape index (κ2) is 5.06. The second-order valence-electron chi connectivity index (χ2n) is 5.51. The molecule has 3 heteroatoms. The molecule has 112 valence electrons. The number of hydrogen-bond donors (Lipinski definition) is 0. The Morgan fingerprint density at radius 3 is 2.26 bits per heavy atom. The standard InChI is InChI=1S/C20H14O3/c1-2-23-13-9-7-12-8-10-16-18(17(12)11-13)20(22)15-6-4-3-5-14(15)19(16)21/h3-11H,2H2,1H3. The molecule has 0 bridgehead atoms. The molecule has 1 aliphatic rings.